The number of hydrogen-bond donors (Lipinski definition) is 4. The summed E-state index contributed by atoms with van der Waals surface area (Å²) in [5.41, 5.74) is -2.46. The van der Waals surface area contributed by atoms with Gasteiger partial charge in [-0.25, -0.2) is 4.72 Å². The van der Waals surface area contributed by atoms with E-state index < -0.39 is 68.8 Å². The first-order chi connectivity index (χ1) is 26.3. The Balaban J connectivity index is 1.23. The van der Waals surface area contributed by atoms with Crippen LogP contribution in [-0.4, -0.2) is 114 Å². The monoisotopic (exact) mass is 801 g/mol. The third-order valence-corrected chi connectivity index (χ3v) is 17.4. The molecule has 4 saturated carbocycles. The molecule has 56 heavy (non-hydrogen) atoms. The molecular formula is C41H67N7O7S. The van der Waals surface area contributed by atoms with E-state index in [9.17, 15) is 32.4 Å². The molecule has 2 saturated heterocycles. The van der Waals surface area contributed by atoms with Crippen LogP contribution in [0.15, 0.2) is 12.7 Å². The smallest absolute Gasteiger partial charge is 0.303 e. The molecule has 4 N–H and O–H groups in total. The molecule has 2 spiro atoms. The van der Waals surface area contributed by atoms with Gasteiger partial charge in [-0.15, -0.1) is 6.58 Å². The van der Waals surface area contributed by atoms with Gasteiger partial charge in [-0.2, -0.15) is 12.7 Å². The molecule has 5 amide bonds. The molecule has 2 heterocycles. The number of fused-ring (bicyclic) bond motifs is 1. The number of carbonyl (C=O) groups excluding carboxylic acids is 5. The first kappa shape index (κ1) is 42.6. The highest BCUT2D eigenvalue weighted by Gasteiger charge is 2.85. The molecule has 14 nitrogen and oxygen atoms in total. The van der Waals surface area contributed by atoms with Crippen molar-refractivity contribution in [2.75, 3.05) is 32.7 Å². The summed E-state index contributed by atoms with van der Waals surface area (Å²) >= 11 is 0. The maximum absolute atomic E-state index is 14.7. The molecule has 6 aliphatic rings. The molecule has 6 rings (SSSR count). The van der Waals surface area contributed by atoms with Crippen LogP contribution in [0.3, 0.4) is 0 Å². The van der Waals surface area contributed by atoms with E-state index in [1.807, 2.05) is 6.92 Å². The van der Waals surface area contributed by atoms with E-state index in [-0.39, 0.29) is 47.7 Å². The summed E-state index contributed by atoms with van der Waals surface area (Å²) in [7, 11) is -4.16. The molecule has 0 aromatic carbocycles. The lowest BCUT2D eigenvalue weighted by Crippen LogP contribution is -2.62. The van der Waals surface area contributed by atoms with E-state index in [0.717, 1.165) is 81.6 Å². The van der Waals surface area contributed by atoms with Crippen LogP contribution in [-0.2, 0) is 34.2 Å². The van der Waals surface area contributed by atoms with Crippen LogP contribution in [0.2, 0.25) is 0 Å². The van der Waals surface area contributed by atoms with Gasteiger partial charge in [0, 0.05) is 31.0 Å². The Labute approximate surface area is 334 Å². The zero-order chi connectivity index (χ0) is 41.1. The molecule has 0 unspecified atom stereocenters. The molecule has 0 aromatic rings. The van der Waals surface area contributed by atoms with Crippen LogP contribution in [0.5, 0.6) is 0 Å². The largest absolute Gasteiger partial charge is 0.343 e. The third kappa shape index (κ3) is 6.78. The van der Waals surface area contributed by atoms with Crippen molar-refractivity contribution in [2.45, 2.75) is 155 Å². The number of nitrogens with zero attached hydrogens (tertiary/aromatic N) is 3. The average molecular weight is 802 g/mol. The predicted molar refractivity (Wildman–Crippen MR) is 213 cm³/mol. The number of carbonyl (C=O) groups is 5. The Morgan fingerprint density at radius 3 is 2.05 bits per heavy atom. The van der Waals surface area contributed by atoms with E-state index in [2.05, 4.69) is 52.9 Å². The summed E-state index contributed by atoms with van der Waals surface area (Å²) in [4.78, 5) is 74.7. The quantitative estimate of drug-likeness (QED) is 0.183. The maximum atomic E-state index is 14.7. The fourth-order valence-corrected chi connectivity index (χ4v) is 13.0. The van der Waals surface area contributed by atoms with Crippen molar-refractivity contribution in [2.24, 2.45) is 27.6 Å². The minimum absolute atomic E-state index is 0.00621. The minimum atomic E-state index is -4.16. The van der Waals surface area contributed by atoms with E-state index in [1.165, 1.54) is 0 Å². The molecule has 314 valence electrons. The van der Waals surface area contributed by atoms with Crippen molar-refractivity contribution >= 4 is 39.7 Å². The fourth-order valence-electron chi connectivity index (χ4n) is 11.8. The molecule has 0 bridgehead atoms. The van der Waals surface area contributed by atoms with Crippen molar-refractivity contribution in [1.82, 2.24) is 34.8 Å². The summed E-state index contributed by atoms with van der Waals surface area (Å²) in [6.45, 7) is 19.6. The first-order valence-corrected chi connectivity index (χ1v) is 22.7. The van der Waals surface area contributed by atoms with Crippen LogP contribution in [0.1, 0.15) is 126 Å². The zero-order valence-corrected chi connectivity index (χ0v) is 35.6. The van der Waals surface area contributed by atoms with Gasteiger partial charge in [0.2, 0.25) is 23.6 Å². The topological polar surface area (TPSA) is 177 Å². The van der Waals surface area contributed by atoms with Crippen LogP contribution < -0.4 is 20.7 Å². The number of nitrogens with one attached hydrogen (secondary N) is 4. The van der Waals surface area contributed by atoms with Crippen LogP contribution in [0.25, 0.3) is 0 Å². The Hall–Kier alpha value is -3.04. The SMILES string of the molecule is C=C[C@@H]1C[C@]1(NC(=O)[C@@H]1C[C@@]2(CN1C(=O)[C@H](C)NC(=O)[C@@H](NC(=O)[C@@H]1CCCN1CC)C1(C)CCCCC1)C(C)(C)C21CCC1)C(=O)NS(=O)(=O)N(CC)CC. The molecular weight excluding hydrogens is 735 g/mol. The summed E-state index contributed by atoms with van der Waals surface area (Å²) < 4.78 is 29.4. The third-order valence-electron chi connectivity index (χ3n) is 15.8. The lowest BCUT2D eigenvalue weighted by molar-refractivity contribution is -0.143. The van der Waals surface area contributed by atoms with Crippen LogP contribution >= 0.6 is 0 Å². The lowest BCUT2D eigenvalue weighted by Gasteiger charge is -2.41. The second-order valence-electron chi connectivity index (χ2n) is 18.5. The van der Waals surface area contributed by atoms with E-state index in [4.69, 9.17) is 0 Å². The van der Waals surface area contributed by atoms with Gasteiger partial charge in [0.1, 0.15) is 23.7 Å². The highest BCUT2D eigenvalue weighted by atomic mass is 32.2. The molecule has 7 atom stereocenters. The summed E-state index contributed by atoms with van der Waals surface area (Å²) in [6.07, 6.45) is 11.4. The first-order valence-electron chi connectivity index (χ1n) is 21.3. The fraction of sp³-hybridized carbons (Fsp3) is 0.829. The van der Waals surface area contributed by atoms with E-state index >= 15 is 0 Å². The Morgan fingerprint density at radius 2 is 1.52 bits per heavy atom. The van der Waals surface area contributed by atoms with Crippen molar-refractivity contribution in [1.29, 1.82) is 0 Å². The van der Waals surface area contributed by atoms with Crippen molar-refractivity contribution in [3.8, 4) is 0 Å². The number of likely N-dealkylation sites (N-methyl/N-ethyl adjacent to an activating group) is 1. The van der Waals surface area contributed by atoms with Crippen molar-refractivity contribution in [3.63, 3.8) is 0 Å². The van der Waals surface area contributed by atoms with Crippen molar-refractivity contribution < 1.29 is 32.4 Å². The van der Waals surface area contributed by atoms with Crippen molar-refractivity contribution in [3.05, 3.63) is 12.7 Å². The Bertz CT molecular complexity index is 1700. The second kappa shape index (κ2) is 15.3. The number of likely N-dealkylation sites (tertiary alicyclic amines) is 2. The average Bonchev–Trinajstić information content (AvgIpc) is 3.65. The van der Waals surface area contributed by atoms with Gasteiger partial charge in [-0.05, 0) is 87.6 Å². The van der Waals surface area contributed by atoms with E-state index in [1.54, 1.807) is 31.7 Å². The predicted octanol–water partition coefficient (Wildman–Crippen LogP) is 2.99. The van der Waals surface area contributed by atoms with Gasteiger partial charge in [-0.3, -0.25) is 28.9 Å². The standard InChI is InChI=1S/C41H67N7O7S/c1-9-28-24-41(28,36(53)45-56(54,55)47(11-3)12-4)44-33(50)30-25-40(37(6,7)39(40)21-17-22-39)26-48(30)35(52)27(5)42-34(51)31(38(8)19-14-13-15-20-38)43-32(49)29-18-16-23-46(29)10-2/h9,27-31H,1,10-26H2,2-8H3,(H,42,51)(H,43,49)(H,44,50)(H,45,53)/t27-,28+,29-,30-,31+,40+,41+/m0/s1. The number of rotatable bonds is 15. The maximum Gasteiger partial charge on any atom is 0.303 e. The lowest BCUT2D eigenvalue weighted by atomic mass is 9.70. The van der Waals surface area contributed by atoms with Gasteiger partial charge in [-0.1, -0.05) is 73.3 Å². The Morgan fingerprint density at radius 1 is 0.857 bits per heavy atom. The minimum Gasteiger partial charge on any atom is -0.343 e. The normalized spacial score (nSPS) is 32.3. The van der Waals surface area contributed by atoms with Crippen LogP contribution in [0, 0.1) is 27.6 Å². The summed E-state index contributed by atoms with van der Waals surface area (Å²) in [5.74, 6) is -2.82. The molecule has 15 heteroatoms. The highest BCUT2D eigenvalue weighted by molar-refractivity contribution is 7.87. The van der Waals surface area contributed by atoms with Gasteiger partial charge >= 0.3 is 10.2 Å². The zero-order valence-electron chi connectivity index (χ0n) is 34.8. The molecule has 2 aliphatic heterocycles. The summed E-state index contributed by atoms with van der Waals surface area (Å²) in [5, 5.41) is 9.04. The molecule has 0 aromatic heterocycles. The molecule has 6 fully saturated rings. The van der Waals surface area contributed by atoms with Gasteiger partial charge in [0.15, 0.2) is 0 Å². The van der Waals surface area contributed by atoms with Gasteiger partial charge in [0.05, 0.1) is 6.04 Å². The molecule has 4 aliphatic carbocycles. The number of amides is 5. The number of hydrogen-bond acceptors (Lipinski definition) is 8. The second-order valence-corrected chi connectivity index (χ2v) is 20.2. The van der Waals surface area contributed by atoms with Crippen LogP contribution in [0.4, 0.5) is 0 Å². The Kier molecular flexibility index (Phi) is 11.6. The highest BCUT2D eigenvalue weighted by Crippen LogP contribution is 2.88. The van der Waals surface area contributed by atoms with Gasteiger partial charge < -0.3 is 20.9 Å². The molecule has 0 radical (unpaired) electrons. The van der Waals surface area contributed by atoms with E-state index in [0.29, 0.717) is 13.0 Å². The van der Waals surface area contributed by atoms with Gasteiger partial charge in [0.25, 0.3) is 5.91 Å². The summed E-state index contributed by atoms with van der Waals surface area (Å²) in [6, 6.07) is -3.07.